The second-order valence-electron chi connectivity index (χ2n) is 7.47. The lowest BCUT2D eigenvalue weighted by molar-refractivity contribution is -0.119. The van der Waals surface area contributed by atoms with Crippen LogP contribution in [0.25, 0.3) is 0 Å². The van der Waals surface area contributed by atoms with E-state index in [4.69, 9.17) is 25.8 Å². The van der Waals surface area contributed by atoms with E-state index in [9.17, 15) is 13.2 Å². The summed E-state index contributed by atoms with van der Waals surface area (Å²) >= 11 is 6.09. The van der Waals surface area contributed by atoms with Gasteiger partial charge >= 0.3 is 0 Å². The molecule has 0 saturated carbocycles. The zero-order chi connectivity index (χ0) is 26.8. The van der Waals surface area contributed by atoms with Crippen molar-refractivity contribution < 1.29 is 27.4 Å². The molecule has 0 atom stereocenters. The average Bonchev–Trinajstić information content (AvgIpc) is 2.90. The normalized spacial score (nSPS) is 11.1. The molecule has 0 saturated heterocycles. The molecular formula is C26H26ClN3O6S. The molecule has 11 heteroatoms. The van der Waals surface area contributed by atoms with Gasteiger partial charge < -0.3 is 14.2 Å². The first kappa shape index (κ1) is 27.6. The van der Waals surface area contributed by atoms with Crippen LogP contribution >= 0.6 is 11.6 Å². The molecule has 3 rings (SSSR count). The highest BCUT2D eigenvalue weighted by atomic mass is 35.5. The number of ether oxygens (including phenoxy) is 3. The van der Waals surface area contributed by atoms with Gasteiger partial charge in [0, 0.05) is 5.02 Å². The molecule has 0 aliphatic heterocycles. The summed E-state index contributed by atoms with van der Waals surface area (Å²) in [6.45, 7) is 3.39. The topological polar surface area (TPSA) is 107 Å². The Balaban J connectivity index is 1.79. The van der Waals surface area contributed by atoms with Crippen molar-refractivity contribution in [1.29, 1.82) is 0 Å². The van der Waals surface area contributed by atoms with Crippen LogP contribution in [0.1, 0.15) is 5.56 Å². The van der Waals surface area contributed by atoms with Gasteiger partial charge in [-0.3, -0.25) is 9.10 Å². The number of benzene rings is 3. The number of anilines is 1. The van der Waals surface area contributed by atoms with Crippen LogP contribution in [0.4, 0.5) is 5.69 Å². The van der Waals surface area contributed by atoms with Gasteiger partial charge in [-0.1, -0.05) is 30.3 Å². The minimum atomic E-state index is -4.12. The van der Waals surface area contributed by atoms with Crippen LogP contribution in [0, 0.1) is 0 Å². The maximum atomic E-state index is 13.4. The Bertz CT molecular complexity index is 1380. The Kier molecular flexibility index (Phi) is 9.53. The van der Waals surface area contributed by atoms with Crippen molar-refractivity contribution in [3.05, 3.63) is 90.0 Å². The molecule has 0 aliphatic rings. The third kappa shape index (κ3) is 7.25. The van der Waals surface area contributed by atoms with Gasteiger partial charge in [0.05, 0.1) is 31.0 Å². The predicted molar refractivity (Wildman–Crippen MR) is 143 cm³/mol. The average molecular weight is 544 g/mol. The minimum absolute atomic E-state index is 0.0181. The van der Waals surface area contributed by atoms with Crippen LogP contribution in [0.15, 0.2) is 89.4 Å². The molecular weight excluding hydrogens is 518 g/mol. The van der Waals surface area contributed by atoms with Gasteiger partial charge in [-0.05, 0) is 66.2 Å². The maximum Gasteiger partial charge on any atom is 0.264 e. The van der Waals surface area contributed by atoms with Crippen LogP contribution in [0.3, 0.4) is 0 Å². The molecule has 0 spiro atoms. The molecule has 3 aromatic carbocycles. The van der Waals surface area contributed by atoms with Gasteiger partial charge in [0.2, 0.25) is 0 Å². The highest BCUT2D eigenvalue weighted by molar-refractivity contribution is 7.92. The third-order valence-corrected chi connectivity index (χ3v) is 7.00. The molecule has 0 aliphatic carbocycles. The van der Waals surface area contributed by atoms with Crippen LogP contribution in [-0.2, 0) is 14.8 Å². The Morgan fingerprint density at radius 2 is 1.81 bits per heavy atom. The zero-order valence-electron chi connectivity index (χ0n) is 20.3. The van der Waals surface area contributed by atoms with Gasteiger partial charge in [-0.15, -0.1) is 0 Å². The second-order valence-corrected chi connectivity index (χ2v) is 9.77. The van der Waals surface area contributed by atoms with E-state index < -0.39 is 22.5 Å². The number of hydrogen-bond acceptors (Lipinski definition) is 7. The molecule has 0 heterocycles. The van der Waals surface area contributed by atoms with Crippen LogP contribution in [0.5, 0.6) is 17.2 Å². The quantitative estimate of drug-likeness (QED) is 0.208. The first-order valence-corrected chi connectivity index (χ1v) is 12.8. The van der Waals surface area contributed by atoms with Gasteiger partial charge in [0.1, 0.15) is 18.9 Å². The molecule has 0 radical (unpaired) electrons. The first-order valence-electron chi connectivity index (χ1n) is 10.9. The number of carbonyl (C=O) groups is 1. The monoisotopic (exact) mass is 543 g/mol. The summed E-state index contributed by atoms with van der Waals surface area (Å²) in [5, 5.41) is 4.27. The fraction of sp³-hybridized carbons (Fsp3) is 0.154. The Morgan fingerprint density at radius 3 is 2.46 bits per heavy atom. The standard InChI is InChI=1S/C26H26ClN3O6S/c1-4-14-36-24-13-8-19(15-25(24)35-3)17-28-29-26(31)18-30(21-7-5-6-20(27)16-21)37(32,33)23-11-9-22(34-2)10-12-23/h4-13,15-17H,1,14,18H2,2-3H3,(H,29,31)/b28-17-. The molecule has 1 amide bonds. The summed E-state index contributed by atoms with van der Waals surface area (Å²) in [5.41, 5.74) is 3.21. The highest BCUT2D eigenvalue weighted by Gasteiger charge is 2.27. The summed E-state index contributed by atoms with van der Waals surface area (Å²) in [6, 6.07) is 17.2. The third-order valence-electron chi connectivity index (χ3n) is 4.98. The molecule has 0 fully saturated rings. The lowest BCUT2D eigenvalue weighted by Gasteiger charge is -2.24. The second kappa shape index (κ2) is 12.8. The number of methoxy groups -OCH3 is 2. The van der Waals surface area contributed by atoms with E-state index in [-0.39, 0.29) is 10.6 Å². The fourth-order valence-corrected chi connectivity index (χ4v) is 4.80. The van der Waals surface area contributed by atoms with Gasteiger partial charge in [0.25, 0.3) is 15.9 Å². The fourth-order valence-electron chi connectivity index (χ4n) is 3.20. The number of halogens is 1. The van der Waals surface area contributed by atoms with Gasteiger partial charge in [0.15, 0.2) is 11.5 Å². The summed E-state index contributed by atoms with van der Waals surface area (Å²) in [5.74, 6) is 0.850. The molecule has 0 unspecified atom stereocenters. The van der Waals surface area contributed by atoms with Gasteiger partial charge in [-0.25, -0.2) is 13.8 Å². The number of hydrogen-bond donors (Lipinski definition) is 1. The van der Waals surface area contributed by atoms with E-state index in [1.54, 1.807) is 42.5 Å². The van der Waals surface area contributed by atoms with Crippen molar-refractivity contribution in [3.63, 3.8) is 0 Å². The Morgan fingerprint density at radius 1 is 1.05 bits per heavy atom. The SMILES string of the molecule is C=CCOc1ccc(/C=N\NC(=O)CN(c2cccc(Cl)c2)S(=O)(=O)c2ccc(OC)cc2)cc1OC. The molecule has 0 aromatic heterocycles. The zero-order valence-corrected chi connectivity index (χ0v) is 21.8. The lowest BCUT2D eigenvalue weighted by Crippen LogP contribution is -2.39. The number of nitrogens with one attached hydrogen (secondary N) is 1. The smallest absolute Gasteiger partial charge is 0.264 e. The summed E-state index contributed by atoms with van der Waals surface area (Å²) < 4.78 is 43.8. The highest BCUT2D eigenvalue weighted by Crippen LogP contribution is 2.28. The van der Waals surface area contributed by atoms with Crippen molar-refractivity contribution in [2.75, 3.05) is 31.7 Å². The van der Waals surface area contributed by atoms with Crippen molar-refractivity contribution in [2.45, 2.75) is 4.90 Å². The number of carbonyl (C=O) groups excluding carboxylic acids is 1. The lowest BCUT2D eigenvalue weighted by atomic mass is 10.2. The molecule has 194 valence electrons. The van der Waals surface area contributed by atoms with Gasteiger partial charge in [-0.2, -0.15) is 5.10 Å². The number of rotatable bonds is 12. The first-order chi connectivity index (χ1) is 17.8. The maximum absolute atomic E-state index is 13.4. The van der Waals surface area contributed by atoms with E-state index in [0.717, 1.165) is 4.31 Å². The van der Waals surface area contributed by atoms with Crippen molar-refractivity contribution in [3.8, 4) is 17.2 Å². The summed E-state index contributed by atoms with van der Waals surface area (Å²) in [7, 11) is -1.13. The molecule has 0 bridgehead atoms. The number of sulfonamides is 1. The minimum Gasteiger partial charge on any atom is -0.497 e. The molecule has 9 nitrogen and oxygen atoms in total. The number of hydrazone groups is 1. The summed E-state index contributed by atoms with van der Waals surface area (Å²) in [4.78, 5) is 12.7. The van der Waals surface area contributed by atoms with E-state index in [2.05, 4.69) is 17.1 Å². The van der Waals surface area contributed by atoms with Crippen molar-refractivity contribution in [1.82, 2.24) is 5.43 Å². The van der Waals surface area contributed by atoms with E-state index in [0.29, 0.717) is 34.4 Å². The largest absolute Gasteiger partial charge is 0.497 e. The Hall–Kier alpha value is -4.02. The van der Waals surface area contributed by atoms with Crippen molar-refractivity contribution >= 4 is 39.4 Å². The van der Waals surface area contributed by atoms with E-state index in [1.807, 2.05) is 0 Å². The number of nitrogens with zero attached hydrogens (tertiary/aromatic N) is 2. The van der Waals surface area contributed by atoms with Crippen molar-refractivity contribution in [2.24, 2.45) is 5.10 Å². The number of amides is 1. The van der Waals surface area contributed by atoms with E-state index in [1.165, 1.54) is 50.8 Å². The van der Waals surface area contributed by atoms with Crippen LogP contribution in [-0.4, -0.2) is 47.9 Å². The van der Waals surface area contributed by atoms with Crippen LogP contribution in [0.2, 0.25) is 5.02 Å². The molecule has 3 aromatic rings. The Labute approximate surface area is 221 Å². The van der Waals surface area contributed by atoms with Crippen LogP contribution < -0.4 is 23.9 Å². The molecule has 37 heavy (non-hydrogen) atoms. The predicted octanol–water partition coefficient (Wildman–Crippen LogP) is 4.27. The van der Waals surface area contributed by atoms with E-state index >= 15 is 0 Å². The molecule has 1 N–H and O–H groups in total. The summed E-state index contributed by atoms with van der Waals surface area (Å²) in [6.07, 6.45) is 3.02.